The molecule has 0 radical (unpaired) electrons. The second kappa shape index (κ2) is 5.84. The molecular formula is C18H27BO2Si. The van der Waals surface area contributed by atoms with E-state index in [1.807, 2.05) is 6.08 Å². The van der Waals surface area contributed by atoms with Crippen molar-refractivity contribution in [3.63, 3.8) is 0 Å². The molecule has 1 aliphatic heterocycles. The van der Waals surface area contributed by atoms with Gasteiger partial charge in [0.1, 0.15) is 8.07 Å². The molecule has 0 unspecified atom stereocenters. The Morgan fingerprint density at radius 1 is 1.05 bits per heavy atom. The van der Waals surface area contributed by atoms with Crippen LogP contribution in [0.2, 0.25) is 13.1 Å². The molecule has 0 aliphatic carbocycles. The lowest BCUT2D eigenvalue weighted by molar-refractivity contribution is 0.00578. The van der Waals surface area contributed by atoms with Crippen LogP contribution in [0.5, 0.6) is 0 Å². The lowest BCUT2D eigenvalue weighted by Gasteiger charge is -2.32. The smallest absolute Gasteiger partial charge is 0.400 e. The molecule has 0 aromatic heterocycles. The number of rotatable bonds is 4. The van der Waals surface area contributed by atoms with Crippen molar-refractivity contribution in [2.75, 3.05) is 0 Å². The van der Waals surface area contributed by atoms with E-state index in [9.17, 15) is 0 Å². The van der Waals surface area contributed by atoms with E-state index in [-0.39, 0.29) is 18.3 Å². The van der Waals surface area contributed by atoms with Gasteiger partial charge in [0.05, 0.1) is 11.2 Å². The molecule has 4 heteroatoms. The van der Waals surface area contributed by atoms with Crippen LogP contribution in [-0.4, -0.2) is 26.4 Å². The van der Waals surface area contributed by atoms with Gasteiger partial charge in [0.15, 0.2) is 0 Å². The molecule has 0 saturated carbocycles. The largest absolute Gasteiger partial charge is 0.486 e. The maximum absolute atomic E-state index is 6.28. The quantitative estimate of drug-likeness (QED) is 0.620. The molecule has 1 aliphatic rings. The second-order valence-electron chi connectivity index (χ2n) is 7.44. The minimum Gasteiger partial charge on any atom is -0.400 e. The monoisotopic (exact) mass is 314 g/mol. The van der Waals surface area contributed by atoms with Crippen molar-refractivity contribution in [1.29, 1.82) is 0 Å². The van der Waals surface area contributed by atoms with Gasteiger partial charge in [-0.25, -0.2) is 0 Å². The Morgan fingerprint density at radius 3 is 2.00 bits per heavy atom. The van der Waals surface area contributed by atoms with E-state index in [1.165, 1.54) is 10.3 Å². The van der Waals surface area contributed by atoms with Gasteiger partial charge in [-0.3, -0.25) is 0 Å². The maximum Gasteiger partial charge on any atom is 0.486 e. The highest BCUT2D eigenvalue weighted by molar-refractivity contribution is 7.04. The van der Waals surface area contributed by atoms with Gasteiger partial charge in [0.2, 0.25) is 0 Å². The van der Waals surface area contributed by atoms with Gasteiger partial charge in [-0.2, -0.15) is 0 Å². The summed E-state index contributed by atoms with van der Waals surface area (Å²) >= 11 is 0. The summed E-state index contributed by atoms with van der Waals surface area (Å²) in [6, 6.07) is 10.7. The van der Waals surface area contributed by atoms with Crippen LogP contribution in [0.1, 0.15) is 27.7 Å². The van der Waals surface area contributed by atoms with E-state index >= 15 is 0 Å². The minimum absolute atomic E-state index is 0.301. The molecule has 1 aromatic rings. The average Bonchev–Trinajstić information content (AvgIpc) is 2.65. The van der Waals surface area contributed by atoms with E-state index < -0.39 is 8.07 Å². The third-order valence-corrected chi connectivity index (χ3v) is 8.64. The zero-order chi connectivity index (χ0) is 16.6. The zero-order valence-electron chi connectivity index (χ0n) is 14.6. The fourth-order valence-electron chi connectivity index (χ4n) is 2.70. The fourth-order valence-corrected chi connectivity index (χ4v) is 5.30. The van der Waals surface area contributed by atoms with Crippen LogP contribution in [0.3, 0.4) is 0 Å². The lowest BCUT2D eigenvalue weighted by atomic mass is 9.89. The molecule has 1 saturated heterocycles. The first-order valence-electron chi connectivity index (χ1n) is 7.86. The number of hydrogen-bond donors (Lipinski definition) is 0. The van der Waals surface area contributed by atoms with Crippen molar-refractivity contribution in [2.24, 2.45) is 0 Å². The van der Waals surface area contributed by atoms with Crippen LogP contribution in [-0.2, 0) is 9.31 Å². The summed E-state index contributed by atoms with van der Waals surface area (Å²) in [5.41, 5.74) is -0.641. The van der Waals surface area contributed by atoms with E-state index in [0.29, 0.717) is 0 Å². The molecule has 1 aromatic carbocycles. The second-order valence-corrected chi connectivity index (χ2v) is 11.8. The first-order valence-corrected chi connectivity index (χ1v) is 10.9. The molecule has 0 N–H and O–H groups in total. The normalized spacial score (nSPS) is 21.0. The van der Waals surface area contributed by atoms with Crippen LogP contribution in [0.4, 0.5) is 0 Å². The maximum atomic E-state index is 6.28. The molecule has 0 atom stereocenters. The van der Waals surface area contributed by atoms with Crippen LogP contribution >= 0.6 is 0 Å². The fraction of sp³-hybridized carbons (Fsp3) is 0.444. The van der Waals surface area contributed by atoms with E-state index in [0.717, 1.165) is 0 Å². The first kappa shape index (κ1) is 17.3. The standard InChI is InChI=1S/C18H27BO2Si/c1-8-12-16(19-20-17(2,3)18(4,5)21-19)22(6,7)15-13-10-9-11-14-15/h8-14H,1H2,2-7H3/b16-12+. The summed E-state index contributed by atoms with van der Waals surface area (Å²) in [4.78, 5) is 0. The van der Waals surface area contributed by atoms with Crippen molar-refractivity contribution in [2.45, 2.75) is 52.0 Å². The molecule has 0 spiro atoms. The van der Waals surface area contributed by atoms with E-state index in [1.54, 1.807) is 0 Å². The Kier molecular flexibility index (Phi) is 4.58. The Balaban J connectivity index is 2.41. The highest BCUT2D eigenvalue weighted by Crippen LogP contribution is 2.40. The van der Waals surface area contributed by atoms with Crippen LogP contribution in [0, 0.1) is 0 Å². The summed E-state index contributed by atoms with van der Waals surface area (Å²) in [5, 5.41) is 2.60. The van der Waals surface area contributed by atoms with E-state index in [2.05, 4.69) is 83.8 Å². The van der Waals surface area contributed by atoms with Crippen LogP contribution in [0.15, 0.2) is 54.2 Å². The Hall–Kier alpha value is -1.10. The molecule has 1 fully saturated rings. The number of hydrogen-bond acceptors (Lipinski definition) is 2. The highest BCUT2D eigenvalue weighted by Gasteiger charge is 2.54. The first-order chi connectivity index (χ1) is 10.1. The Morgan fingerprint density at radius 2 is 1.55 bits per heavy atom. The highest BCUT2D eigenvalue weighted by atomic mass is 28.3. The summed E-state index contributed by atoms with van der Waals surface area (Å²) in [6.07, 6.45) is 3.93. The van der Waals surface area contributed by atoms with Gasteiger partial charge in [0, 0.05) is 0 Å². The molecule has 118 valence electrons. The molecule has 2 nitrogen and oxygen atoms in total. The van der Waals surface area contributed by atoms with Gasteiger partial charge in [-0.1, -0.05) is 67.3 Å². The topological polar surface area (TPSA) is 18.5 Å². The summed E-state index contributed by atoms with van der Waals surface area (Å²) in [6.45, 7) is 16.9. The van der Waals surface area contributed by atoms with Crippen molar-refractivity contribution < 1.29 is 9.31 Å². The molecule has 2 rings (SSSR count). The van der Waals surface area contributed by atoms with Crippen LogP contribution in [0.25, 0.3) is 0 Å². The Labute approximate surface area is 136 Å². The zero-order valence-corrected chi connectivity index (χ0v) is 15.6. The van der Waals surface area contributed by atoms with Crippen molar-refractivity contribution >= 4 is 20.4 Å². The molecular weight excluding hydrogens is 287 g/mol. The third kappa shape index (κ3) is 3.00. The summed E-state index contributed by atoms with van der Waals surface area (Å²) < 4.78 is 12.6. The Bertz CT molecular complexity index is 560. The molecule has 22 heavy (non-hydrogen) atoms. The SMILES string of the molecule is C=C/C=C(\B1OC(C)(C)C(C)(C)O1)[Si](C)(C)c1ccccc1. The summed E-state index contributed by atoms with van der Waals surface area (Å²) in [7, 11) is -2.18. The van der Waals surface area contributed by atoms with Crippen molar-refractivity contribution in [1.82, 2.24) is 0 Å². The minimum atomic E-state index is -1.88. The lowest BCUT2D eigenvalue weighted by Crippen LogP contribution is -2.49. The molecule has 1 heterocycles. The van der Waals surface area contributed by atoms with Gasteiger partial charge in [-0.15, -0.1) is 0 Å². The average molecular weight is 314 g/mol. The number of allylic oxidation sites excluding steroid dienone is 2. The van der Waals surface area contributed by atoms with Crippen LogP contribution < -0.4 is 5.19 Å². The van der Waals surface area contributed by atoms with Gasteiger partial charge in [-0.05, 0) is 32.8 Å². The molecule has 0 bridgehead atoms. The van der Waals surface area contributed by atoms with Crippen molar-refractivity contribution in [3.8, 4) is 0 Å². The van der Waals surface area contributed by atoms with Gasteiger partial charge in [0.25, 0.3) is 0 Å². The van der Waals surface area contributed by atoms with Gasteiger partial charge >= 0.3 is 7.12 Å². The molecule has 0 amide bonds. The summed E-state index contributed by atoms with van der Waals surface area (Å²) in [5.74, 6) is 0. The predicted molar refractivity (Wildman–Crippen MR) is 97.9 cm³/mol. The van der Waals surface area contributed by atoms with Crippen molar-refractivity contribution in [3.05, 3.63) is 54.2 Å². The third-order valence-electron chi connectivity index (χ3n) is 5.02. The van der Waals surface area contributed by atoms with Gasteiger partial charge < -0.3 is 9.31 Å². The predicted octanol–water partition coefficient (Wildman–Crippen LogP) is 3.89. The number of benzene rings is 1. The van der Waals surface area contributed by atoms with E-state index in [4.69, 9.17) is 9.31 Å².